The van der Waals surface area contributed by atoms with Gasteiger partial charge in [0.1, 0.15) is 5.69 Å². The van der Waals surface area contributed by atoms with E-state index in [-0.39, 0.29) is 0 Å². The Morgan fingerprint density at radius 3 is 2.43 bits per heavy atom. The van der Waals surface area contributed by atoms with Crippen molar-refractivity contribution in [2.45, 2.75) is 6.92 Å². The third-order valence-corrected chi connectivity index (χ3v) is 3.90. The zero-order chi connectivity index (χ0) is 17.0. The Hall–Kier alpha value is -2.21. The van der Waals surface area contributed by atoms with Gasteiger partial charge in [0.05, 0.1) is 26.5 Å². The molecule has 1 heterocycles. The first kappa shape index (κ1) is 17.1. The summed E-state index contributed by atoms with van der Waals surface area (Å²) in [6, 6.07) is 6.29. The minimum Gasteiger partial charge on any atom is -0.373 e. The first-order valence-corrected chi connectivity index (χ1v) is 7.77. The zero-order valence-corrected chi connectivity index (χ0v) is 15.0. The highest BCUT2D eigenvalue weighted by molar-refractivity contribution is 5.57. The minimum atomic E-state index is 0.816. The van der Waals surface area contributed by atoms with Crippen molar-refractivity contribution in [3.8, 4) is 0 Å². The molecular weight excluding hydrogens is 288 g/mol. The van der Waals surface area contributed by atoms with Crippen molar-refractivity contribution in [3.63, 3.8) is 0 Å². The number of aromatic nitrogens is 2. The quantitative estimate of drug-likeness (QED) is 0.607. The Labute approximate surface area is 138 Å². The molecule has 2 rings (SSSR count). The Balaban J connectivity index is 2.13. The third-order valence-electron chi connectivity index (χ3n) is 3.90. The fraction of sp³-hybridized carbons (Fsp3) is 0.471. The van der Waals surface area contributed by atoms with Gasteiger partial charge in [0.25, 0.3) is 0 Å². The first-order valence-electron chi connectivity index (χ1n) is 7.77. The average Bonchev–Trinajstić information content (AvgIpc) is 2.82. The molecule has 23 heavy (non-hydrogen) atoms. The zero-order valence-electron chi connectivity index (χ0n) is 15.0. The van der Waals surface area contributed by atoms with Crippen LogP contribution in [0.25, 0.3) is 0 Å². The first-order chi connectivity index (χ1) is 10.9. The van der Waals surface area contributed by atoms with Gasteiger partial charge in [-0.1, -0.05) is 5.11 Å². The highest BCUT2D eigenvalue weighted by Gasteiger charge is 2.11. The van der Waals surface area contributed by atoms with Crippen LogP contribution in [0.4, 0.5) is 17.3 Å². The molecule has 0 N–H and O–H groups in total. The van der Waals surface area contributed by atoms with Crippen LogP contribution in [0, 0.1) is 6.92 Å². The normalized spacial score (nSPS) is 11.6. The fourth-order valence-corrected chi connectivity index (χ4v) is 2.29. The fourth-order valence-electron chi connectivity index (χ4n) is 2.29. The van der Waals surface area contributed by atoms with Crippen LogP contribution in [-0.4, -0.2) is 43.7 Å². The molecule has 0 saturated carbocycles. The molecule has 0 unspecified atom stereocenters. The second kappa shape index (κ2) is 7.37. The van der Waals surface area contributed by atoms with Crippen LogP contribution in [0.5, 0.6) is 0 Å². The molecule has 2 aromatic rings. The number of likely N-dealkylation sites (N-methyl/N-ethyl adjacent to an activating group) is 2. The van der Waals surface area contributed by atoms with Crippen LogP contribution in [-0.2, 0) is 14.1 Å². The van der Waals surface area contributed by atoms with E-state index in [1.165, 1.54) is 5.69 Å². The molecule has 124 valence electrons. The lowest BCUT2D eigenvalue weighted by atomic mass is 10.1. The van der Waals surface area contributed by atoms with Crippen molar-refractivity contribution in [3.05, 3.63) is 36.2 Å². The van der Waals surface area contributed by atoms with E-state index in [1.54, 1.807) is 0 Å². The van der Waals surface area contributed by atoms with Gasteiger partial charge in [0.2, 0.25) is 0 Å². The largest absolute Gasteiger partial charge is 0.421 e. The molecule has 0 aliphatic carbocycles. The molecule has 0 aliphatic heterocycles. The van der Waals surface area contributed by atoms with E-state index in [0.717, 1.165) is 30.3 Å². The van der Waals surface area contributed by atoms with E-state index in [1.807, 2.05) is 41.7 Å². The smallest absolute Gasteiger partial charge is 0.373 e. The summed E-state index contributed by atoms with van der Waals surface area (Å²) in [6.45, 7) is 4.09. The van der Waals surface area contributed by atoms with Gasteiger partial charge in [-0.3, -0.25) is 0 Å². The summed E-state index contributed by atoms with van der Waals surface area (Å²) < 4.78 is 3.89. The van der Waals surface area contributed by atoms with Gasteiger partial charge >= 0.3 is 5.95 Å². The van der Waals surface area contributed by atoms with Crippen LogP contribution >= 0.6 is 0 Å². The highest BCUT2D eigenvalue weighted by atomic mass is 15.3. The molecule has 0 fully saturated rings. The van der Waals surface area contributed by atoms with Gasteiger partial charge in [0, 0.05) is 30.9 Å². The SMILES string of the molecule is Cc1cc(N(C)CCN(C)C)ccc1N=Nc1n(C)cc[n+]1C. The molecule has 0 saturated heterocycles. The highest BCUT2D eigenvalue weighted by Crippen LogP contribution is 2.25. The molecule has 1 aromatic carbocycles. The number of benzene rings is 1. The van der Waals surface area contributed by atoms with Crippen LogP contribution in [0.1, 0.15) is 5.56 Å². The second-order valence-electron chi connectivity index (χ2n) is 6.22. The Kier molecular flexibility index (Phi) is 5.50. The summed E-state index contributed by atoms with van der Waals surface area (Å²) in [4.78, 5) is 4.44. The van der Waals surface area contributed by atoms with Crippen molar-refractivity contribution >= 4 is 17.3 Å². The van der Waals surface area contributed by atoms with Gasteiger partial charge in [-0.2, -0.15) is 0 Å². The van der Waals surface area contributed by atoms with Crippen LogP contribution in [0.2, 0.25) is 0 Å². The number of anilines is 1. The summed E-state index contributed by atoms with van der Waals surface area (Å²) in [6.07, 6.45) is 3.92. The van der Waals surface area contributed by atoms with Crippen molar-refractivity contribution in [2.75, 3.05) is 39.1 Å². The number of hydrogen-bond acceptors (Lipinski definition) is 4. The molecule has 0 aliphatic rings. The maximum Gasteiger partial charge on any atom is 0.421 e. The summed E-state index contributed by atoms with van der Waals surface area (Å²) in [5.74, 6) is 0.816. The van der Waals surface area contributed by atoms with Crippen molar-refractivity contribution < 1.29 is 4.57 Å². The number of aryl methyl sites for hydroxylation is 3. The Bertz CT molecular complexity index is 667. The van der Waals surface area contributed by atoms with Crippen LogP contribution < -0.4 is 9.47 Å². The summed E-state index contributed by atoms with van der Waals surface area (Å²) in [7, 11) is 10.2. The number of azo groups is 1. The van der Waals surface area contributed by atoms with Gasteiger partial charge in [-0.05, 0) is 44.8 Å². The summed E-state index contributed by atoms with van der Waals surface area (Å²) in [5, 5.41) is 8.76. The lowest BCUT2D eigenvalue weighted by Gasteiger charge is -2.22. The lowest BCUT2D eigenvalue weighted by molar-refractivity contribution is -0.657. The van der Waals surface area contributed by atoms with Crippen molar-refractivity contribution in [1.29, 1.82) is 0 Å². The predicted octanol–water partition coefficient (Wildman–Crippen LogP) is 2.57. The maximum atomic E-state index is 4.40. The van der Waals surface area contributed by atoms with Crippen molar-refractivity contribution in [2.24, 2.45) is 24.3 Å². The minimum absolute atomic E-state index is 0.816. The van der Waals surface area contributed by atoms with Crippen LogP contribution in [0.3, 0.4) is 0 Å². The average molecular weight is 315 g/mol. The molecule has 0 bridgehead atoms. The number of imidazole rings is 1. The Morgan fingerprint density at radius 2 is 1.87 bits per heavy atom. The third kappa shape index (κ3) is 4.39. The number of nitrogens with zero attached hydrogens (tertiary/aromatic N) is 6. The molecule has 0 atom stereocenters. The van der Waals surface area contributed by atoms with E-state index in [2.05, 4.69) is 60.2 Å². The monoisotopic (exact) mass is 315 g/mol. The van der Waals surface area contributed by atoms with E-state index < -0.39 is 0 Å². The van der Waals surface area contributed by atoms with E-state index in [0.29, 0.717) is 0 Å². The molecule has 0 amide bonds. The summed E-state index contributed by atoms with van der Waals surface area (Å²) >= 11 is 0. The summed E-state index contributed by atoms with van der Waals surface area (Å²) in [5.41, 5.74) is 3.23. The molecule has 0 spiro atoms. The maximum absolute atomic E-state index is 4.40. The lowest BCUT2D eigenvalue weighted by Crippen LogP contribution is -2.28. The van der Waals surface area contributed by atoms with Crippen molar-refractivity contribution in [1.82, 2.24) is 9.47 Å². The van der Waals surface area contributed by atoms with Crippen LogP contribution in [0.15, 0.2) is 40.8 Å². The molecule has 1 aromatic heterocycles. The van der Waals surface area contributed by atoms with E-state index in [4.69, 9.17) is 0 Å². The van der Waals surface area contributed by atoms with E-state index >= 15 is 0 Å². The topological polar surface area (TPSA) is 40.0 Å². The molecule has 6 heteroatoms. The number of rotatable bonds is 6. The van der Waals surface area contributed by atoms with Gasteiger partial charge in [-0.25, -0.2) is 9.13 Å². The second-order valence-corrected chi connectivity index (χ2v) is 6.22. The predicted molar refractivity (Wildman–Crippen MR) is 93.8 cm³/mol. The van der Waals surface area contributed by atoms with Gasteiger partial charge < -0.3 is 9.80 Å². The van der Waals surface area contributed by atoms with Gasteiger partial charge in [0.15, 0.2) is 0 Å². The molecule has 0 radical (unpaired) electrons. The van der Waals surface area contributed by atoms with Gasteiger partial charge in [-0.15, -0.1) is 0 Å². The number of hydrogen-bond donors (Lipinski definition) is 0. The molecular formula is C17H27N6+. The Morgan fingerprint density at radius 1 is 1.13 bits per heavy atom. The molecule has 6 nitrogen and oxygen atoms in total. The van der Waals surface area contributed by atoms with E-state index in [9.17, 15) is 0 Å². The standard InChI is InChI=1S/C17H27N6/c1-14-13-15(21(4)10-9-20(2)3)7-8-16(14)18-19-17-22(5)11-12-23(17)6/h7-8,11-13H,9-10H2,1-6H3/q+1.